The number of nitrogens with one attached hydrogen (secondary N) is 1. The maximum absolute atomic E-state index is 5.28. The number of rotatable bonds is 5. The molecular weight excluding hydrogens is 288 g/mol. The van der Waals surface area contributed by atoms with Gasteiger partial charge < -0.3 is 9.47 Å². The van der Waals surface area contributed by atoms with Crippen LogP contribution in [0.2, 0.25) is 0 Å². The molecule has 0 atom stereocenters. The van der Waals surface area contributed by atoms with Crippen molar-refractivity contribution in [1.82, 2.24) is 0 Å². The minimum Gasteiger partial charge on any atom is -0.493 e. The van der Waals surface area contributed by atoms with Crippen LogP contribution in [-0.4, -0.2) is 20.4 Å². The van der Waals surface area contributed by atoms with E-state index in [9.17, 15) is 0 Å². The number of benzene rings is 3. The predicted octanol–water partition coefficient (Wildman–Crippen LogP) is 4.30. The second kappa shape index (κ2) is 6.83. The SMILES string of the molecule is COc1ccc(/C=N/Nc2ccc3ccccc3c2)cc1OC. The molecule has 0 radical (unpaired) electrons. The topological polar surface area (TPSA) is 42.8 Å². The summed E-state index contributed by atoms with van der Waals surface area (Å²) in [5, 5.41) is 6.67. The predicted molar refractivity (Wildman–Crippen MR) is 94.7 cm³/mol. The molecule has 0 aliphatic carbocycles. The Morgan fingerprint density at radius 3 is 2.39 bits per heavy atom. The third-order valence-electron chi connectivity index (χ3n) is 3.56. The Morgan fingerprint density at radius 2 is 1.61 bits per heavy atom. The molecule has 3 aromatic carbocycles. The largest absolute Gasteiger partial charge is 0.493 e. The van der Waals surface area contributed by atoms with E-state index < -0.39 is 0 Å². The molecule has 0 spiro atoms. The molecule has 0 saturated heterocycles. The standard InChI is InChI=1S/C19H18N2O2/c1-22-18-10-7-14(11-19(18)23-2)13-20-21-17-9-8-15-5-3-4-6-16(15)12-17/h3-13,21H,1-2H3/b20-13+. The second-order valence-corrected chi connectivity index (χ2v) is 5.05. The van der Waals surface area contributed by atoms with Crippen LogP contribution < -0.4 is 14.9 Å². The zero-order chi connectivity index (χ0) is 16.1. The van der Waals surface area contributed by atoms with Gasteiger partial charge in [-0.15, -0.1) is 0 Å². The summed E-state index contributed by atoms with van der Waals surface area (Å²) in [6.45, 7) is 0. The van der Waals surface area contributed by atoms with Gasteiger partial charge in [0.05, 0.1) is 26.1 Å². The van der Waals surface area contributed by atoms with Crippen LogP contribution in [-0.2, 0) is 0 Å². The lowest BCUT2D eigenvalue weighted by Gasteiger charge is -2.07. The second-order valence-electron chi connectivity index (χ2n) is 5.05. The van der Waals surface area contributed by atoms with E-state index in [0.717, 1.165) is 11.3 Å². The molecule has 0 saturated carbocycles. The number of methoxy groups -OCH3 is 2. The number of hydrogen-bond donors (Lipinski definition) is 1. The highest BCUT2D eigenvalue weighted by Gasteiger charge is 2.02. The van der Waals surface area contributed by atoms with Gasteiger partial charge in [-0.3, -0.25) is 5.43 Å². The van der Waals surface area contributed by atoms with Crippen LogP contribution in [0.5, 0.6) is 11.5 Å². The average molecular weight is 306 g/mol. The van der Waals surface area contributed by atoms with E-state index in [1.807, 2.05) is 36.4 Å². The molecule has 4 nitrogen and oxygen atoms in total. The molecule has 1 N–H and O–H groups in total. The summed E-state index contributed by atoms with van der Waals surface area (Å²) >= 11 is 0. The fourth-order valence-corrected chi connectivity index (χ4v) is 2.37. The van der Waals surface area contributed by atoms with E-state index >= 15 is 0 Å². The minimum atomic E-state index is 0.683. The van der Waals surface area contributed by atoms with Gasteiger partial charge in [0.25, 0.3) is 0 Å². The van der Waals surface area contributed by atoms with Crippen LogP contribution in [0.3, 0.4) is 0 Å². The van der Waals surface area contributed by atoms with Crippen molar-refractivity contribution >= 4 is 22.7 Å². The van der Waals surface area contributed by atoms with Gasteiger partial charge in [0.1, 0.15) is 0 Å². The Balaban J connectivity index is 1.74. The van der Waals surface area contributed by atoms with Crippen LogP contribution in [0, 0.1) is 0 Å². The molecule has 0 fully saturated rings. The quantitative estimate of drug-likeness (QED) is 0.564. The molecule has 116 valence electrons. The lowest BCUT2D eigenvalue weighted by Crippen LogP contribution is -1.94. The Kier molecular flexibility index (Phi) is 4.43. The van der Waals surface area contributed by atoms with Crippen molar-refractivity contribution in [3.63, 3.8) is 0 Å². The van der Waals surface area contributed by atoms with Crippen LogP contribution in [0.15, 0.2) is 65.8 Å². The molecule has 3 rings (SSSR count). The fraction of sp³-hybridized carbons (Fsp3) is 0.105. The van der Waals surface area contributed by atoms with Gasteiger partial charge in [-0.1, -0.05) is 30.3 Å². The van der Waals surface area contributed by atoms with Crippen molar-refractivity contribution in [2.24, 2.45) is 5.10 Å². The first-order valence-corrected chi connectivity index (χ1v) is 7.30. The maximum atomic E-state index is 5.28. The highest BCUT2D eigenvalue weighted by atomic mass is 16.5. The number of anilines is 1. The number of hydrazone groups is 1. The fourth-order valence-electron chi connectivity index (χ4n) is 2.37. The van der Waals surface area contributed by atoms with Crippen molar-refractivity contribution in [3.05, 3.63) is 66.2 Å². The van der Waals surface area contributed by atoms with Crippen LogP contribution >= 0.6 is 0 Å². The smallest absolute Gasteiger partial charge is 0.161 e. The Labute approximate surface area is 135 Å². The van der Waals surface area contributed by atoms with Gasteiger partial charge in [-0.05, 0) is 46.7 Å². The van der Waals surface area contributed by atoms with Crippen molar-refractivity contribution in [2.75, 3.05) is 19.6 Å². The van der Waals surface area contributed by atoms with Crippen LogP contribution in [0.1, 0.15) is 5.56 Å². The number of hydrogen-bond acceptors (Lipinski definition) is 4. The molecule has 0 aromatic heterocycles. The average Bonchev–Trinajstić information content (AvgIpc) is 2.61. The molecule has 0 aliphatic heterocycles. The Bertz CT molecular complexity index is 844. The lowest BCUT2D eigenvalue weighted by molar-refractivity contribution is 0.355. The highest BCUT2D eigenvalue weighted by Crippen LogP contribution is 2.27. The van der Waals surface area contributed by atoms with E-state index in [1.165, 1.54) is 10.8 Å². The molecule has 0 heterocycles. The first kappa shape index (κ1) is 14.9. The third kappa shape index (κ3) is 3.43. The molecule has 0 amide bonds. The summed E-state index contributed by atoms with van der Waals surface area (Å²) in [5.74, 6) is 1.38. The van der Waals surface area contributed by atoms with Gasteiger partial charge >= 0.3 is 0 Å². The molecule has 3 aromatic rings. The van der Waals surface area contributed by atoms with Gasteiger partial charge in [-0.2, -0.15) is 5.10 Å². The summed E-state index contributed by atoms with van der Waals surface area (Å²) in [5.41, 5.74) is 4.92. The lowest BCUT2D eigenvalue weighted by atomic mass is 10.1. The summed E-state index contributed by atoms with van der Waals surface area (Å²) < 4.78 is 10.5. The normalized spacial score (nSPS) is 10.9. The maximum Gasteiger partial charge on any atom is 0.161 e. The number of ether oxygens (including phenoxy) is 2. The summed E-state index contributed by atoms with van der Waals surface area (Å²) in [7, 11) is 3.24. The third-order valence-corrected chi connectivity index (χ3v) is 3.56. The number of nitrogens with zero attached hydrogens (tertiary/aromatic N) is 1. The highest BCUT2D eigenvalue weighted by molar-refractivity contribution is 5.86. The van der Waals surface area contributed by atoms with Gasteiger partial charge in [-0.25, -0.2) is 0 Å². The first-order valence-electron chi connectivity index (χ1n) is 7.30. The molecular formula is C19H18N2O2. The summed E-state index contributed by atoms with van der Waals surface area (Å²) in [4.78, 5) is 0. The summed E-state index contributed by atoms with van der Waals surface area (Å²) in [6.07, 6.45) is 1.75. The van der Waals surface area contributed by atoms with Crippen LogP contribution in [0.25, 0.3) is 10.8 Å². The summed E-state index contributed by atoms with van der Waals surface area (Å²) in [6, 6.07) is 20.0. The van der Waals surface area contributed by atoms with Crippen molar-refractivity contribution in [2.45, 2.75) is 0 Å². The molecule has 0 unspecified atom stereocenters. The Hall–Kier alpha value is -3.01. The Morgan fingerprint density at radius 1 is 0.826 bits per heavy atom. The number of fused-ring (bicyclic) bond motifs is 1. The van der Waals surface area contributed by atoms with Gasteiger partial charge in [0.15, 0.2) is 11.5 Å². The molecule has 0 bridgehead atoms. The first-order chi connectivity index (χ1) is 11.3. The van der Waals surface area contributed by atoms with Crippen LogP contribution in [0.4, 0.5) is 5.69 Å². The molecule has 0 aliphatic rings. The van der Waals surface area contributed by atoms with E-state index in [2.05, 4.69) is 34.8 Å². The van der Waals surface area contributed by atoms with Gasteiger partial charge in [0.2, 0.25) is 0 Å². The van der Waals surface area contributed by atoms with Gasteiger partial charge in [0, 0.05) is 0 Å². The van der Waals surface area contributed by atoms with Crippen molar-refractivity contribution < 1.29 is 9.47 Å². The molecule has 4 heteroatoms. The van der Waals surface area contributed by atoms with E-state index in [0.29, 0.717) is 11.5 Å². The van der Waals surface area contributed by atoms with E-state index in [1.54, 1.807) is 20.4 Å². The van der Waals surface area contributed by atoms with E-state index in [4.69, 9.17) is 9.47 Å². The monoisotopic (exact) mass is 306 g/mol. The molecule has 23 heavy (non-hydrogen) atoms. The zero-order valence-electron chi connectivity index (χ0n) is 13.1. The van der Waals surface area contributed by atoms with E-state index in [-0.39, 0.29) is 0 Å². The van der Waals surface area contributed by atoms with Crippen molar-refractivity contribution in [1.29, 1.82) is 0 Å². The van der Waals surface area contributed by atoms with Crippen molar-refractivity contribution in [3.8, 4) is 11.5 Å². The zero-order valence-corrected chi connectivity index (χ0v) is 13.1. The minimum absolute atomic E-state index is 0.683.